The van der Waals surface area contributed by atoms with Gasteiger partial charge in [0, 0.05) is 17.5 Å². The van der Waals surface area contributed by atoms with E-state index >= 15 is 0 Å². The minimum absolute atomic E-state index is 0.00322. The summed E-state index contributed by atoms with van der Waals surface area (Å²) in [6.45, 7) is 0.713. The number of benzene rings is 1. The van der Waals surface area contributed by atoms with Crippen molar-refractivity contribution in [3.8, 4) is 5.69 Å². The van der Waals surface area contributed by atoms with Crippen LogP contribution in [-0.2, 0) is 4.79 Å². The molecule has 0 aliphatic heterocycles. The standard InChI is InChI=1S/C16H21ClN4O/c17-13-6-5-7-14(12-13)21-15(9-11-19-21)20-16(22)8-3-1-2-4-10-18/h5-7,9,11-12H,1-4,8,10,18H2,(H,20,22). The van der Waals surface area contributed by atoms with Crippen molar-refractivity contribution in [1.29, 1.82) is 0 Å². The third-order valence-corrected chi connectivity index (χ3v) is 3.56. The number of nitrogens with two attached hydrogens (primary N) is 1. The topological polar surface area (TPSA) is 72.9 Å². The summed E-state index contributed by atoms with van der Waals surface area (Å²) in [5.41, 5.74) is 6.26. The molecule has 1 aromatic heterocycles. The Morgan fingerprint density at radius 2 is 2.05 bits per heavy atom. The lowest BCUT2D eigenvalue weighted by Gasteiger charge is -2.09. The first-order chi connectivity index (χ1) is 10.7. The minimum atomic E-state index is -0.00322. The first-order valence-electron chi connectivity index (χ1n) is 7.50. The van der Waals surface area contributed by atoms with E-state index < -0.39 is 0 Å². The van der Waals surface area contributed by atoms with Gasteiger partial charge in [0.05, 0.1) is 11.9 Å². The molecule has 2 aromatic rings. The molecule has 3 N–H and O–H groups in total. The van der Waals surface area contributed by atoms with E-state index in [1.54, 1.807) is 29.1 Å². The van der Waals surface area contributed by atoms with Crippen molar-refractivity contribution in [3.63, 3.8) is 0 Å². The van der Waals surface area contributed by atoms with Gasteiger partial charge in [0.15, 0.2) is 0 Å². The fourth-order valence-corrected chi connectivity index (χ4v) is 2.38. The number of anilines is 1. The van der Waals surface area contributed by atoms with Crippen LogP contribution in [0.5, 0.6) is 0 Å². The highest BCUT2D eigenvalue weighted by atomic mass is 35.5. The molecule has 22 heavy (non-hydrogen) atoms. The fraction of sp³-hybridized carbons (Fsp3) is 0.375. The van der Waals surface area contributed by atoms with E-state index in [9.17, 15) is 4.79 Å². The molecule has 0 saturated heterocycles. The number of hydrogen-bond donors (Lipinski definition) is 2. The molecule has 118 valence electrons. The molecule has 0 bridgehead atoms. The summed E-state index contributed by atoms with van der Waals surface area (Å²) < 4.78 is 1.66. The number of nitrogens with zero attached hydrogens (tertiary/aromatic N) is 2. The number of carbonyl (C=O) groups is 1. The van der Waals surface area contributed by atoms with Gasteiger partial charge in [0.25, 0.3) is 0 Å². The van der Waals surface area contributed by atoms with Crippen LogP contribution in [0.2, 0.25) is 5.02 Å². The normalized spacial score (nSPS) is 10.6. The smallest absolute Gasteiger partial charge is 0.225 e. The van der Waals surface area contributed by atoms with Crippen molar-refractivity contribution in [1.82, 2.24) is 9.78 Å². The second-order valence-electron chi connectivity index (χ2n) is 5.11. The van der Waals surface area contributed by atoms with Gasteiger partial charge in [0.2, 0.25) is 5.91 Å². The molecule has 0 saturated carbocycles. The second kappa shape index (κ2) is 8.56. The Kier molecular flexibility index (Phi) is 6.43. The van der Waals surface area contributed by atoms with E-state index in [1.165, 1.54) is 0 Å². The van der Waals surface area contributed by atoms with E-state index in [4.69, 9.17) is 17.3 Å². The van der Waals surface area contributed by atoms with Crippen molar-refractivity contribution in [3.05, 3.63) is 41.6 Å². The molecule has 6 heteroatoms. The van der Waals surface area contributed by atoms with Gasteiger partial charge in [-0.25, -0.2) is 4.68 Å². The van der Waals surface area contributed by atoms with Crippen LogP contribution in [0.15, 0.2) is 36.5 Å². The largest absolute Gasteiger partial charge is 0.330 e. The molecule has 0 radical (unpaired) electrons. The molecule has 5 nitrogen and oxygen atoms in total. The van der Waals surface area contributed by atoms with Crippen molar-refractivity contribution >= 4 is 23.3 Å². The number of aromatic nitrogens is 2. The summed E-state index contributed by atoms with van der Waals surface area (Å²) in [6, 6.07) is 9.11. The average molecular weight is 321 g/mol. The van der Waals surface area contributed by atoms with Crippen LogP contribution in [0, 0.1) is 0 Å². The van der Waals surface area contributed by atoms with Crippen molar-refractivity contribution in [2.75, 3.05) is 11.9 Å². The van der Waals surface area contributed by atoms with Gasteiger partial charge < -0.3 is 11.1 Å². The minimum Gasteiger partial charge on any atom is -0.330 e. The molecule has 1 aromatic carbocycles. The molecule has 0 unspecified atom stereocenters. The summed E-state index contributed by atoms with van der Waals surface area (Å²) in [6.07, 6.45) is 6.14. The zero-order valence-corrected chi connectivity index (χ0v) is 13.2. The van der Waals surface area contributed by atoms with Crippen LogP contribution < -0.4 is 11.1 Å². The van der Waals surface area contributed by atoms with E-state index in [1.807, 2.05) is 12.1 Å². The van der Waals surface area contributed by atoms with Crippen LogP contribution in [0.3, 0.4) is 0 Å². The fourth-order valence-electron chi connectivity index (χ4n) is 2.20. The lowest BCUT2D eigenvalue weighted by molar-refractivity contribution is -0.116. The number of hydrogen-bond acceptors (Lipinski definition) is 3. The average Bonchev–Trinajstić information content (AvgIpc) is 2.95. The molecule has 0 atom stereocenters. The van der Waals surface area contributed by atoms with Gasteiger partial charge in [-0.1, -0.05) is 30.5 Å². The number of carbonyl (C=O) groups excluding carboxylic acids is 1. The summed E-state index contributed by atoms with van der Waals surface area (Å²) in [5.74, 6) is 0.644. The number of amides is 1. The molecule has 0 fully saturated rings. The van der Waals surface area contributed by atoms with Gasteiger partial charge in [-0.2, -0.15) is 5.10 Å². The SMILES string of the molecule is NCCCCCCC(=O)Nc1ccnn1-c1cccc(Cl)c1. The van der Waals surface area contributed by atoms with Crippen LogP contribution in [0.1, 0.15) is 32.1 Å². The van der Waals surface area contributed by atoms with Gasteiger partial charge in [-0.3, -0.25) is 4.79 Å². The maximum absolute atomic E-state index is 12.0. The van der Waals surface area contributed by atoms with E-state index in [2.05, 4.69) is 10.4 Å². The molecule has 1 heterocycles. The number of rotatable bonds is 8. The molecule has 0 aliphatic rings. The highest BCUT2D eigenvalue weighted by molar-refractivity contribution is 6.30. The Bertz CT molecular complexity index is 612. The summed E-state index contributed by atoms with van der Waals surface area (Å²) in [4.78, 5) is 12.0. The van der Waals surface area contributed by atoms with Gasteiger partial charge >= 0.3 is 0 Å². The summed E-state index contributed by atoms with van der Waals surface area (Å²) >= 11 is 5.99. The molecule has 0 spiro atoms. The molecular weight excluding hydrogens is 300 g/mol. The Balaban J connectivity index is 1.91. The Morgan fingerprint density at radius 1 is 1.23 bits per heavy atom. The van der Waals surface area contributed by atoms with Crippen LogP contribution in [-0.4, -0.2) is 22.2 Å². The quantitative estimate of drug-likeness (QED) is 0.732. The zero-order valence-electron chi connectivity index (χ0n) is 12.5. The van der Waals surface area contributed by atoms with E-state index in [-0.39, 0.29) is 5.91 Å². The number of nitrogens with one attached hydrogen (secondary N) is 1. The summed E-state index contributed by atoms with van der Waals surface area (Å²) in [7, 11) is 0. The van der Waals surface area contributed by atoms with Gasteiger partial charge in [-0.15, -0.1) is 0 Å². The maximum Gasteiger partial charge on any atom is 0.225 e. The number of unbranched alkanes of at least 4 members (excludes halogenated alkanes) is 3. The van der Waals surface area contributed by atoms with Gasteiger partial charge in [0.1, 0.15) is 5.82 Å². The monoisotopic (exact) mass is 320 g/mol. The van der Waals surface area contributed by atoms with Crippen LogP contribution in [0.25, 0.3) is 5.69 Å². The van der Waals surface area contributed by atoms with E-state index in [0.29, 0.717) is 23.8 Å². The predicted octanol–water partition coefficient (Wildman–Crippen LogP) is 3.37. The van der Waals surface area contributed by atoms with Crippen molar-refractivity contribution < 1.29 is 4.79 Å². The Morgan fingerprint density at radius 3 is 2.82 bits per heavy atom. The highest BCUT2D eigenvalue weighted by Gasteiger charge is 2.09. The van der Waals surface area contributed by atoms with E-state index in [0.717, 1.165) is 31.4 Å². The van der Waals surface area contributed by atoms with Crippen LogP contribution in [0.4, 0.5) is 5.82 Å². The molecule has 0 aliphatic carbocycles. The Labute approximate surface area is 135 Å². The van der Waals surface area contributed by atoms with Crippen molar-refractivity contribution in [2.24, 2.45) is 5.73 Å². The third-order valence-electron chi connectivity index (χ3n) is 3.32. The first kappa shape index (κ1) is 16.5. The number of halogens is 1. The lowest BCUT2D eigenvalue weighted by atomic mass is 10.1. The molecule has 1 amide bonds. The Hall–Kier alpha value is -1.85. The maximum atomic E-state index is 12.0. The third kappa shape index (κ3) is 4.86. The van der Waals surface area contributed by atoms with Gasteiger partial charge in [-0.05, 0) is 37.6 Å². The van der Waals surface area contributed by atoms with Crippen LogP contribution >= 0.6 is 11.6 Å². The molecule has 2 rings (SSSR count). The second-order valence-corrected chi connectivity index (χ2v) is 5.55. The summed E-state index contributed by atoms with van der Waals surface area (Å²) in [5, 5.41) is 7.75. The lowest BCUT2D eigenvalue weighted by Crippen LogP contribution is -2.14. The molecular formula is C16H21ClN4O. The van der Waals surface area contributed by atoms with Crippen molar-refractivity contribution in [2.45, 2.75) is 32.1 Å². The first-order valence-corrected chi connectivity index (χ1v) is 7.88. The predicted molar refractivity (Wildman–Crippen MR) is 89.3 cm³/mol. The zero-order chi connectivity index (χ0) is 15.8. The highest BCUT2D eigenvalue weighted by Crippen LogP contribution is 2.18.